The number of rotatable bonds is 9. The molecule has 1 N–H and O–H groups in total. The van der Waals surface area contributed by atoms with E-state index in [4.69, 9.17) is 4.74 Å². The lowest BCUT2D eigenvalue weighted by Crippen LogP contribution is -2.53. The Hall–Kier alpha value is -0.610. The fourth-order valence-electron chi connectivity index (χ4n) is 2.98. The van der Waals surface area contributed by atoms with E-state index in [9.17, 15) is 4.79 Å². The van der Waals surface area contributed by atoms with Crippen molar-refractivity contribution in [1.82, 2.24) is 10.2 Å². The predicted molar refractivity (Wildman–Crippen MR) is 80.6 cm³/mol. The summed E-state index contributed by atoms with van der Waals surface area (Å²) in [6, 6.07) is 1.18. The third kappa shape index (κ3) is 3.95. The molecule has 0 bridgehead atoms. The van der Waals surface area contributed by atoms with Crippen molar-refractivity contribution in [3.05, 3.63) is 0 Å². The van der Waals surface area contributed by atoms with Crippen LogP contribution in [0.5, 0.6) is 0 Å². The lowest BCUT2D eigenvalue weighted by Gasteiger charge is -2.36. The van der Waals surface area contributed by atoms with Crippen molar-refractivity contribution in [2.75, 3.05) is 20.2 Å². The van der Waals surface area contributed by atoms with Crippen LogP contribution in [0.2, 0.25) is 0 Å². The average molecular weight is 282 g/mol. The Balaban J connectivity index is 1.94. The molecule has 0 radical (unpaired) electrons. The van der Waals surface area contributed by atoms with Crippen molar-refractivity contribution in [2.45, 2.75) is 70.5 Å². The molecule has 0 aliphatic heterocycles. The highest BCUT2D eigenvalue weighted by atomic mass is 16.5. The van der Waals surface area contributed by atoms with Crippen LogP contribution >= 0.6 is 0 Å². The molecule has 116 valence electrons. The van der Waals surface area contributed by atoms with Crippen molar-refractivity contribution in [2.24, 2.45) is 5.92 Å². The van der Waals surface area contributed by atoms with Gasteiger partial charge in [-0.15, -0.1) is 0 Å². The van der Waals surface area contributed by atoms with Crippen LogP contribution in [0.3, 0.4) is 0 Å². The van der Waals surface area contributed by atoms with Gasteiger partial charge in [-0.1, -0.05) is 0 Å². The Labute approximate surface area is 123 Å². The maximum absolute atomic E-state index is 12.2. The monoisotopic (exact) mass is 282 g/mol. The van der Waals surface area contributed by atoms with Crippen molar-refractivity contribution in [3.8, 4) is 0 Å². The van der Waals surface area contributed by atoms with Crippen LogP contribution in [0, 0.1) is 5.92 Å². The summed E-state index contributed by atoms with van der Waals surface area (Å²) in [5.74, 6) is 0.776. The molecule has 0 heterocycles. The molecule has 0 aromatic carbocycles. The zero-order valence-corrected chi connectivity index (χ0v) is 13.4. The number of hydrogen-bond donors (Lipinski definition) is 1. The fourth-order valence-corrected chi connectivity index (χ4v) is 2.98. The maximum Gasteiger partial charge on any atom is 0.326 e. The molecule has 2 rings (SSSR count). The number of nitrogens with zero attached hydrogens (tertiary/aromatic N) is 1. The van der Waals surface area contributed by atoms with Crippen LogP contribution in [0.4, 0.5) is 0 Å². The summed E-state index contributed by atoms with van der Waals surface area (Å²) in [6.07, 6.45) is 6.24. The number of nitrogens with one attached hydrogen (secondary N) is 1. The predicted octanol–water partition coefficient (Wildman–Crippen LogP) is 2.18. The minimum Gasteiger partial charge on any atom is -0.465 e. The summed E-state index contributed by atoms with van der Waals surface area (Å²) >= 11 is 0. The summed E-state index contributed by atoms with van der Waals surface area (Å²) in [5, 5.41) is 3.18. The van der Waals surface area contributed by atoms with Crippen molar-refractivity contribution >= 4 is 5.97 Å². The Morgan fingerprint density at radius 2 is 2.05 bits per heavy atom. The van der Waals surface area contributed by atoms with E-state index in [2.05, 4.69) is 17.1 Å². The van der Waals surface area contributed by atoms with Gasteiger partial charge in [-0.25, -0.2) is 0 Å². The lowest BCUT2D eigenvalue weighted by atomic mass is 9.92. The van der Waals surface area contributed by atoms with Gasteiger partial charge >= 0.3 is 5.97 Å². The third-order valence-electron chi connectivity index (χ3n) is 4.73. The van der Waals surface area contributed by atoms with Crippen LogP contribution in [0.1, 0.15) is 52.9 Å². The second kappa shape index (κ2) is 6.44. The molecule has 0 aromatic heterocycles. The van der Waals surface area contributed by atoms with Crippen molar-refractivity contribution in [3.63, 3.8) is 0 Å². The fraction of sp³-hybridized carbons (Fsp3) is 0.938. The minimum absolute atomic E-state index is 0.128. The molecule has 2 atom stereocenters. The molecule has 0 spiro atoms. The lowest BCUT2D eigenvalue weighted by molar-refractivity contribution is -0.151. The highest BCUT2D eigenvalue weighted by Crippen LogP contribution is 2.37. The van der Waals surface area contributed by atoms with E-state index in [1.54, 1.807) is 0 Å². The van der Waals surface area contributed by atoms with E-state index >= 15 is 0 Å². The topological polar surface area (TPSA) is 41.6 Å². The molecule has 4 heteroatoms. The van der Waals surface area contributed by atoms with Gasteiger partial charge in [0.1, 0.15) is 5.54 Å². The number of carbonyl (C=O) groups excluding carboxylic acids is 1. The molecule has 2 aliphatic carbocycles. The second-order valence-electron chi connectivity index (χ2n) is 6.73. The molecule has 2 fully saturated rings. The van der Waals surface area contributed by atoms with Gasteiger partial charge < -0.3 is 10.1 Å². The molecule has 0 saturated heterocycles. The zero-order chi connectivity index (χ0) is 14.8. The van der Waals surface area contributed by atoms with Crippen LogP contribution < -0.4 is 5.32 Å². The quantitative estimate of drug-likeness (QED) is 0.658. The van der Waals surface area contributed by atoms with Gasteiger partial charge in [-0.05, 0) is 65.8 Å². The van der Waals surface area contributed by atoms with Crippen LogP contribution in [0.15, 0.2) is 0 Å². The molecule has 2 unspecified atom stereocenters. The zero-order valence-electron chi connectivity index (χ0n) is 13.4. The minimum atomic E-state index is -0.577. The molecule has 20 heavy (non-hydrogen) atoms. The summed E-state index contributed by atoms with van der Waals surface area (Å²) in [4.78, 5) is 14.8. The van der Waals surface area contributed by atoms with Crippen LogP contribution in [-0.2, 0) is 9.53 Å². The average Bonchev–Trinajstić information content (AvgIpc) is 3.28. The van der Waals surface area contributed by atoms with Gasteiger partial charge in [0.2, 0.25) is 0 Å². The van der Waals surface area contributed by atoms with E-state index in [1.807, 2.05) is 20.9 Å². The first-order valence-electron chi connectivity index (χ1n) is 8.12. The first-order chi connectivity index (χ1) is 9.50. The van der Waals surface area contributed by atoms with Crippen molar-refractivity contribution in [1.29, 1.82) is 0 Å². The van der Waals surface area contributed by atoms with Gasteiger partial charge in [-0.3, -0.25) is 9.69 Å². The summed E-state index contributed by atoms with van der Waals surface area (Å²) < 4.78 is 5.23. The standard InChI is InChI=1S/C16H30N2O2/c1-5-20-15(19)16(3,17-4)10-12(2)18(14-8-9-14)11-13-6-7-13/h12-14,17H,5-11H2,1-4H3. The van der Waals surface area contributed by atoms with E-state index in [0.717, 1.165) is 18.4 Å². The number of ether oxygens (including phenoxy) is 1. The number of esters is 1. The SMILES string of the molecule is CCOC(=O)C(C)(CC(C)N(CC1CC1)C1CC1)NC. The smallest absolute Gasteiger partial charge is 0.326 e. The summed E-state index contributed by atoms with van der Waals surface area (Å²) in [6.45, 7) is 7.74. The Morgan fingerprint density at radius 3 is 2.50 bits per heavy atom. The second-order valence-corrected chi connectivity index (χ2v) is 6.73. The molecule has 2 aliphatic rings. The van der Waals surface area contributed by atoms with Crippen LogP contribution in [-0.4, -0.2) is 48.7 Å². The number of carbonyl (C=O) groups is 1. The molecular weight excluding hydrogens is 252 g/mol. The Kier molecular flexibility index (Phi) is 5.08. The summed E-state index contributed by atoms with van der Waals surface area (Å²) in [5.41, 5.74) is -0.577. The van der Waals surface area contributed by atoms with Gasteiger partial charge in [0, 0.05) is 18.6 Å². The summed E-state index contributed by atoms with van der Waals surface area (Å²) in [7, 11) is 1.85. The molecule has 0 amide bonds. The third-order valence-corrected chi connectivity index (χ3v) is 4.73. The van der Waals surface area contributed by atoms with Gasteiger partial charge in [-0.2, -0.15) is 0 Å². The van der Waals surface area contributed by atoms with Gasteiger partial charge in [0.15, 0.2) is 0 Å². The number of hydrogen-bond acceptors (Lipinski definition) is 4. The molecule has 2 saturated carbocycles. The first kappa shape index (κ1) is 15.8. The van der Waals surface area contributed by atoms with E-state index in [1.165, 1.54) is 32.2 Å². The van der Waals surface area contributed by atoms with E-state index in [-0.39, 0.29) is 5.97 Å². The number of likely N-dealkylation sites (N-methyl/N-ethyl adjacent to an activating group) is 1. The van der Waals surface area contributed by atoms with Gasteiger partial charge in [0.05, 0.1) is 6.61 Å². The Morgan fingerprint density at radius 1 is 1.40 bits per heavy atom. The maximum atomic E-state index is 12.2. The van der Waals surface area contributed by atoms with E-state index < -0.39 is 5.54 Å². The van der Waals surface area contributed by atoms with E-state index in [0.29, 0.717) is 12.6 Å². The molecule has 0 aromatic rings. The van der Waals surface area contributed by atoms with Gasteiger partial charge in [0.25, 0.3) is 0 Å². The molecule has 4 nitrogen and oxygen atoms in total. The van der Waals surface area contributed by atoms with Crippen molar-refractivity contribution < 1.29 is 9.53 Å². The molecular formula is C16H30N2O2. The normalized spacial score (nSPS) is 23.4. The highest BCUT2D eigenvalue weighted by Gasteiger charge is 2.41. The Bertz CT molecular complexity index is 339. The largest absolute Gasteiger partial charge is 0.465 e. The highest BCUT2D eigenvalue weighted by molar-refractivity contribution is 5.80. The first-order valence-corrected chi connectivity index (χ1v) is 8.12. The van der Waals surface area contributed by atoms with Crippen LogP contribution in [0.25, 0.3) is 0 Å².